The smallest absolute Gasteiger partial charge is 0.0158 e. The van der Waals surface area contributed by atoms with Crippen LogP contribution < -0.4 is 0 Å². The van der Waals surface area contributed by atoms with Gasteiger partial charge >= 0.3 is 0 Å². The molecule has 0 aromatic heterocycles. The number of nitrogens with zero attached hydrogens (tertiary/aromatic N) is 1. The summed E-state index contributed by atoms with van der Waals surface area (Å²) in [7, 11) is 0. The number of hydrogen-bond acceptors (Lipinski definition) is 1. The Kier molecular flexibility index (Phi) is 8.22. The van der Waals surface area contributed by atoms with Gasteiger partial charge in [0.25, 0.3) is 0 Å². The summed E-state index contributed by atoms with van der Waals surface area (Å²) in [5.74, 6) is 0. The van der Waals surface area contributed by atoms with E-state index in [0.717, 1.165) is 13.0 Å². The van der Waals surface area contributed by atoms with Crippen molar-refractivity contribution >= 4 is 6.08 Å². The molecule has 1 aromatic rings. The summed E-state index contributed by atoms with van der Waals surface area (Å²) >= 11 is 0. The van der Waals surface area contributed by atoms with Crippen LogP contribution in [0.15, 0.2) is 30.8 Å². The molecule has 1 rings (SSSR count). The zero-order valence-electron chi connectivity index (χ0n) is 17.0. The molecular weight excluding hydrogens is 290 g/mol. The van der Waals surface area contributed by atoms with E-state index in [1.807, 2.05) is 6.08 Å². The van der Waals surface area contributed by atoms with Crippen molar-refractivity contribution in [3.8, 4) is 0 Å². The highest BCUT2D eigenvalue weighted by molar-refractivity contribution is 5.47. The first-order chi connectivity index (χ1) is 11.3. The zero-order chi connectivity index (χ0) is 18.2. The fourth-order valence-corrected chi connectivity index (χ4v) is 3.62. The maximum atomic E-state index is 3.84. The molecule has 136 valence electrons. The molecule has 0 heterocycles. The van der Waals surface area contributed by atoms with Crippen LogP contribution in [-0.2, 0) is 6.42 Å². The van der Waals surface area contributed by atoms with Gasteiger partial charge in [-0.15, -0.1) is 0 Å². The van der Waals surface area contributed by atoms with Crippen molar-refractivity contribution in [1.29, 1.82) is 0 Å². The van der Waals surface area contributed by atoms with E-state index in [9.17, 15) is 0 Å². The van der Waals surface area contributed by atoms with Gasteiger partial charge in [-0.1, -0.05) is 70.0 Å². The van der Waals surface area contributed by atoms with Crippen molar-refractivity contribution in [2.75, 3.05) is 6.54 Å². The summed E-state index contributed by atoms with van der Waals surface area (Å²) in [5, 5.41) is 0. The molecule has 0 saturated heterocycles. The van der Waals surface area contributed by atoms with Gasteiger partial charge < -0.3 is 0 Å². The highest BCUT2D eigenvalue weighted by Crippen LogP contribution is 2.32. The standard InChI is InChI=1S/C23H39N/c1-8-11-12-18-23(6,7)24(22(4,5)10-3)19-17-21-15-13-20(9-2)14-16-21/h9,13-16H,2,8,10-12,17-19H2,1,3-7H3. The molecule has 0 saturated carbocycles. The van der Waals surface area contributed by atoms with E-state index in [0.29, 0.717) is 0 Å². The van der Waals surface area contributed by atoms with E-state index in [2.05, 4.69) is 77.3 Å². The predicted octanol–water partition coefficient (Wildman–Crippen LogP) is 6.72. The molecule has 0 amide bonds. The third-order valence-electron chi connectivity index (χ3n) is 5.56. The first-order valence-electron chi connectivity index (χ1n) is 9.76. The minimum Gasteiger partial charge on any atom is -0.293 e. The average molecular weight is 330 g/mol. The van der Waals surface area contributed by atoms with Crippen LogP contribution in [0.1, 0.15) is 84.8 Å². The molecule has 1 aromatic carbocycles. The first kappa shape index (κ1) is 21.0. The fourth-order valence-electron chi connectivity index (χ4n) is 3.62. The minimum absolute atomic E-state index is 0.233. The average Bonchev–Trinajstić information content (AvgIpc) is 2.55. The van der Waals surface area contributed by atoms with Crippen LogP contribution in [0.25, 0.3) is 6.08 Å². The number of rotatable bonds is 11. The second-order valence-corrected chi connectivity index (χ2v) is 8.28. The Balaban J connectivity index is 2.83. The minimum atomic E-state index is 0.233. The summed E-state index contributed by atoms with van der Waals surface area (Å²) in [4.78, 5) is 2.75. The Labute approximate surface area is 151 Å². The van der Waals surface area contributed by atoms with Crippen molar-refractivity contribution in [3.63, 3.8) is 0 Å². The van der Waals surface area contributed by atoms with E-state index in [4.69, 9.17) is 0 Å². The summed E-state index contributed by atoms with van der Waals surface area (Å²) in [5.41, 5.74) is 3.10. The fraction of sp³-hybridized carbons (Fsp3) is 0.652. The molecule has 0 fully saturated rings. The van der Waals surface area contributed by atoms with Gasteiger partial charge in [-0.3, -0.25) is 4.90 Å². The van der Waals surface area contributed by atoms with Gasteiger partial charge in [0.15, 0.2) is 0 Å². The normalized spacial score (nSPS) is 12.6. The Morgan fingerprint density at radius 3 is 2.08 bits per heavy atom. The first-order valence-corrected chi connectivity index (χ1v) is 9.76. The monoisotopic (exact) mass is 329 g/mol. The van der Waals surface area contributed by atoms with E-state index >= 15 is 0 Å². The van der Waals surface area contributed by atoms with Crippen LogP contribution in [-0.4, -0.2) is 22.5 Å². The summed E-state index contributed by atoms with van der Waals surface area (Å²) in [6, 6.07) is 8.84. The lowest BCUT2D eigenvalue weighted by Gasteiger charge is -2.49. The third-order valence-corrected chi connectivity index (χ3v) is 5.56. The topological polar surface area (TPSA) is 3.24 Å². The van der Waals surface area contributed by atoms with Crippen LogP contribution in [0.4, 0.5) is 0 Å². The summed E-state index contributed by atoms with van der Waals surface area (Å²) in [6.45, 7) is 19.2. The van der Waals surface area contributed by atoms with Gasteiger partial charge in [0, 0.05) is 17.6 Å². The second kappa shape index (κ2) is 9.42. The van der Waals surface area contributed by atoms with Crippen LogP contribution >= 0.6 is 0 Å². The van der Waals surface area contributed by atoms with E-state index in [-0.39, 0.29) is 11.1 Å². The molecular formula is C23H39N. The molecule has 0 atom stereocenters. The third kappa shape index (κ3) is 6.09. The lowest BCUT2D eigenvalue weighted by atomic mass is 9.86. The highest BCUT2D eigenvalue weighted by atomic mass is 15.2. The number of unbranched alkanes of at least 4 members (excludes halogenated alkanes) is 2. The number of hydrogen-bond donors (Lipinski definition) is 0. The predicted molar refractivity (Wildman–Crippen MR) is 110 cm³/mol. The second-order valence-electron chi connectivity index (χ2n) is 8.28. The summed E-state index contributed by atoms with van der Waals surface area (Å²) < 4.78 is 0. The maximum absolute atomic E-state index is 3.84. The maximum Gasteiger partial charge on any atom is 0.0158 e. The van der Waals surface area contributed by atoms with Crippen LogP contribution in [0.3, 0.4) is 0 Å². The Bertz CT molecular complexity index is 481. The molecule has 0 aliphatic heterocycles. The van der Waals surface area contributed by atoms with Crippen molar-refractivity contribution in [1.82, 2.24) is 4.90 Å². The van der Waals surface area contributed by atoms with Crippen molar-refractivity contribution in [2.45, 2.75) is 91.1 Å². The van der Waals surface area contributed by atoms with Crippen LogP contribution in [0, 0.1) is 0 Å². The van der Waals surface area contributed by atoms with Crippen LogP contribution in [0.2, 0.25) is 0 Å². The Hall–Kier alpha value is -1.08. The zero-order valence-corrected chi connectivity index (χ0v) is 17.0. The molecule has 0 N–H and O–H groups in total. The molecule has 1 nitrogen and oxygen atoms in total. The van der Waals surface area contributed by atoms with Gasteiger partial charge in [0.05, 0.1) is 0 Å². The molecule has 0 spiro atoms. The quantitative estimate of drug-likeness (QED) is 0.407. The molecule has 0 aliphatic carbocycles. The molecule has 0 bridgehead atoms. The van der Waals surface area contributed by atoms with E-state index in [1.54, 1.807) is 0 Å². The van der Waals surface area contributed by atoms with Crippen molar-refractivity contribution < 1.29 is 0 Å². The van der Waals surface area contributed by atoms with Gasteiger partial charge in [-0.05, 0) is 58.1 Å². The Morgan fingerprint density at radius 2 is 1.58 bits per heavy atom. The van der Waals surface area contributed by atoms with Gasteiger partial charge in [0.1, 0.15) is 0 Å². The largest absolute Gasteiger partial charge is 0.293 e. The van der Waals surface area contributed by atoms with E-state index in [1.165, 1.54) is 43.2 Å². The van der Waals surface area contributed by atoms with Gasteiger partial charge in [0.2, 0.25) is 0 Å². The lowest BCUT2D eigenvalue weighted by Crippen LogP contribution is -2.56. The molecule has 24 heavy (non-hydrogen) atoms. The molecule has 0 radical (unpaired) electrons. The SMILES string of the molecule is C=Cc1ccc(CCN(C(C)(C)CC)C(C)(C)CCCCC)cc1. The van der Waals surface area contributed by atoms with Crippen molar-refractivity contribution in [3.05, 3.63) is 42.0 Å². The number of benzene rings is 1. The van der Waals surface area contributed by atoms with Gasteiger partial charge in [-0.25, -0.2) is 0 Å². The highest BCUT2D eigenvalue weighted by Gasteiger charge is 2.35. The molecule has 0 aliphatic rings. The molecule has 1 heteroatoms. The Morgan fingerprint density at radius 1 is 0.958 bits per heavy atom. The summed E-state index contributed by atoms with van der Waals surface area (Å²) in [6.07, 6.45) is 9.44. The van der Waals surface area contributed by atoms with Gasteiger partial charge in [-0.2, -0.15) is 0 Å². The van der Waals surface area contributed by atoms with E-state index < -0.39 is 0 Å². The van der Waals surface area contributed by atoms with Crippen molar-refractivity contribution in [2.24, 2.45) is 0 Å². The lowest BCUT2D eigenvalue weighted by molar-refractivity contribution is 0.00815. The molecule has 0 unspecified atom stereocenters. The van der Waals surface area contributed by atoms with Crippen LogP contribution in [0.5, 0.6) is 0 Å².